The number of sulfonamides is 1. The first kappa shape index (κ1) is 23.7. The van der Waals surface area contributed by atoms with E-state index in [9.17, 15) is 22.8 Å². The largest absolute Gasteiger partial charge is 0.335 e. The van der Waals surface area contributed by atoms with Crippen LogP contribution in [0.5, 0.6) is 0 Å². The number of para-hydroxylation sites is 1. The van der Waals surface area contributed by atoms with Crippen LogP contribution in [-0.4, -0.2) is 39.0 Å². The minimum absolute atomic E-state index is 0.0361. The fourth-order valence-corrected chi connectivity index (χ4v) is 5.33. The highest BCUT2D eigenvalue weighted by molar-refractivity contribution is 7.90. The van der Waals surface area contributed by atoms with Gasteiger partial charge in [0.1, 0.15) is 0 Å². The van der Waals surface area contributed by atoms with Crippen LogP contribution in [-0.2, 0) is 21.2 Å². The second-order valence-electron chi connectivity index (χ2n) is 8.86. The van der Waals surface area contributed by atoms with Crippen LogP contribution in [0.2, 0.25) is 0 Å². The van der Waals surface area contributed by atoms with Gasteiger partial charge in [0, 0.05) is 6.04 Å². The lowest BCUT2D eigenvalue weighted by Gasteiger charge is -2.29. The summed E-state index contributed by atoms with van der Waals surface area (Å²) in [4.78, 5) is 38.7. The number of hydrogen-bond donors (Lipinski definition) is 3. The number of carbonyl (C=O) groups excluding carboxylic acids is 3. The van der Waals surface area contributed by atoms with E-state index in [0.29, 0.717) is 22.7 Å². The van der Waals surface area contributed by atoms with Crippen LogP contribution >= 0.6 is 0 Å². The van der Waals surface area contributed by atoms with Crippen molar-refractivity contribution in [3.05, 3.63) is 59.7 Å². The van der Waals surface area contributed by atoms with E-state index in [1.165, 1.54) is 23.1 Å². The molecule has 34 heavy (non-hydrogen) atoms. The van der Waals surface area contributed by atoms with Crippen LogP contribution in [0, 0.1) is 5.92 Å². The summed E-state index contributed by atoms with van der Waals surface area (Å²) in [5, 5.41) is 5.41. The number of amides is 4. The number of rotatable bonds is 5. The number of carbonyl (C=O) groups is 3. The number of nitrogens with zero attached hydrogens (tertiary/aromatic N) is 1. The summed E-state index contributed by atoms with van der Waals surface area (Å²) in [5.74, 6) is 0.0732. The zero-order valence-electron chi connectivity index (χ0n) is 18.9. The maximum atomic E-state index is 13.0. The molecule has 1 aliphatic heterocycles. The fourth-order valence-electron chi connectivity index (χ4n) is 4.35. The molecule has 180 valence electrons. The molecule has 4 rings (SSSR count). The van der Waals surface area contributed by atoms with E-state index < -0.39 is 16.1 Å². The first-order valence-electron chi connectivity index (χ1n) is 11.3. The molecular weight excluding hydrogens is 456 g/mol. The summed E-state index contributed by atoms with van der Waals surface area (Å²) in [6.45, 7) is 2.20. The zero-order chi connectivity index (χ0) is 24.3. The van der Waals surface area contributed by atoms with Crippen LogP contribution in [0.3, 0.4) is 0 Å². The van der Waals surface area contributed by atoms with Gasteiger partial charge in [-0.15, -0.1) is 0 Å². The van der Waals surface area contributed by atoms with Crippen molar-refractivity contribution >= 4 is 33.6 Å². The van der Waals surface area contributed by atoms with E-state index in [2.05, 4.69) is 22.3 Å². The molecule has 0 atom stereocenters. The second-order valence-corrected chi connectivity index (χ2v) is 10.5. The van der Waals surface area contributed by atoms with Crippen molar-refractivity contribution in [1.29, 1.82) is 0 Å². The number of anilines is 1. The average molecular weight is 485 g/mol. The number of hydrogen-bond acceptors (Lipinski definition) is 5. The maximum Gasteiger partial charge on any atom is 0.328 e. The van der Waals surface area contributed by atoms with E-state index in [1.54, 1.807) is 30.3 Å². The van der Waals surface area contributed by atoms with Crippen LogP contribution in [0.25, 0.3) is 0 Å². The fraction of sp³-hybridized carbons (Fsp3) is 0.375. The van der Waals surface area contributed by atoms with Crippen molar-refractivity contribution in [1.82, 2.24) is 15.4 Å². The van der Waals surface area contributed by atoms with Gasteiger partial charge in [-0.05, 0) is 61.4 Å². The molecule has 0 aromatic heterocycles. The van der Waals surface area contributed by atoms with Crippen LogP contribution < -0.4 is 20.3 Å². The van der Waals surface area contributed by atoms with Gasteiger partial charge in [-0.3, -0.25) is 14.5 Å². The SMILES string of the molecule is CC1CCC(NC(=O)NS(=O)(=O)c2cccc(CC(=O)N3CNC(=O)c4ccccc43)c2)CC1. The van der Waals surface area contributed by atoms with Crippen molar-refractivity contribution in [3.63, 3.8) is 0 Å². The summed E-state index contributed by atoms with van der Waals surface area (Å²) < 4.78 is 27.6. The van der Waals surface area contributed by atoms with E-state index in [-0.39, 0.29) is 35.8 Å². The van der Waals surface area contributed by atoms with Gasteiger partial charge in [-0.2, -0.15) is 0 Å². The number of fused-ring (bicyclic) bond motifs is 1. The Morgan fingerprint density at radius 3 is 2.56 bits per heavy atom. The van der Waals surface area contributed by atoms with Crippen molar-refractivity contribution in [2.24, 2.45) is 5.92 Å². The van der Waals surface area contributed by atoms with Gasteiger partial charge in [0.2, 0.25) is 5.91 Å². The van der Waals surface area contributed by atoms with Gasteiger partial charge in [0.25, 0.3) is 15.9 Å². The molecule has 0 spiro atoms. The van der Waals surface area contributed by atoms with Gasteiger partial charge in [-0.25, -0.2) is 17.9 Å². The molecule has 9 nitrogen and oxygen atoms in total. The van der Waals surface area contributed by atoms with Gasteiger partial charge in [0.15, 0.2) is 0 Å². The third-order valence-corrected chi connectivity index (χ3v) is 7.61. The lowest BCUT2D eigenvalue weighted by molar-refractivity contribution is -0.118. The first-order valence-corrected chi connectivity index (χ1v) is 12.8. The van der Waals surface area contributed by atoms with Gasteiger partial charge in [-0.1, -0.05) is 31.2 Å². The third-order valence-electron chi connectivity index (χ3n) is 6.28. The predicted molar refractivity (Wildman–Crippen MR) is 127 cm³/mol. The molecule has 0 radical (unpaired) electrons. The van der Waals surface area contributed by atoms with Gasteiger partial charge >= 0.3 is 6.03 Å². The molecule has 1 fully saturated rings. The summed E-state index contributed by atoms with van der Waals surface area (Å²) in [5.41, 5.74) is 1.39. The van der Waals surface area contributed by atoms with E-state index in [0.717, 1.165) is 25.7 Å². The molecule has 1 heterocycles. The highest BCUT2D eigenvalue weighted by Crippen LogP contribution is 2.25. The number of urea groups is 1. The highest BCUT2D eigenvalue weighted by atomic mass is 32.2. The smallest absolute Gasteiger partial charge is 0.328 e. The van der Waals surface area contributed by atoms with Crippen LogP contribution in [0.4, 0.5) is 10.5 Å². The van der Waals surface area contributed by atoms with Crippen molar-refractivity contribution in [3.8, 4) is 0 Å². The minimum atomic E-state index is -4.10. The Kier molecular flexibility index (Phi) is 6.87. The predicted octanol–water partition coefficient (Wildman–Crippen LogP) is 2.53. The summed E-state index contributed by atoms with van der Waals surface area (Å²) in [6.07, 6.45) is 3.58. The molecule has 0 saturated heterocycles. The van der Waals surface area contributed by atoms with Crippen LogP contribution in [0.15, 0.2) is 53.4 Å². The Labute approximate surface area is 199 Å². The molecule has 10 heteroatoms. The molecule has 0 unspecified atom stereocenters. The molecule has 1 aliphatic carbocycles. The Morgan fingerprint density at radius 1 is 1.06 bits per heavy atom. The third kappa shape index (κ3) is 5.39. The molecular formula is C24H28N4O5S. The summed E-state index contributed by atoms with van der Waals surface area (Å²) in [6, 6.07) is 12.0. The Balaban J connectivity index is 1.42. The first-order chi connectivity index (χ1) is 16.2. The summed E-state index contributed by atoms with van der Waals surface area (Å²) >= 11 is 0. The maximum absolute atomic E-state index is 13.0. The highest BCUT2D eigenvalue weighted by Gasteiger charge is 2.27. The van der Waals surface area contributed by atoms with Gasteiger partial charge in [0.05, 0.1) is 29.2 Å². The molecule has 0 bridgehead atoms. The molecule has 3 N–H and O–H groups in total. The van der Waals surface area contributed by atoms with Crippen molar-refractivity contribution in [2.45, 2.75) is 50.0 Å². The minimum Gasteiger partial charge on any atom is -0.335 e. The van der Waals surface area contributed by atoms with Crippen molar-refractivity contribution < 1.29 is 22.8 Å². The number of nitrogens with one attached hydrogen (secondary N) is 3. The molecule has 1 saturated carbocycles. The zero-order valence-corrected chi connectivity index (χ0v) is 19.7. The van der Waals surface area contributed by atoms with E-state index in [1.807, 2.05) is 0 Å². The second kappa shape index (κ2) is 9.84. The monoisotopic (exact) mass is 484 g/mol. The molecule has 2 aliphatic rings. The topological polar surface area (TPSA) is 125 Å². The standard InChI is InChI=1S/C24H28N4O5S/c1-16-9-11-18(12-10-16)26-24(31)27-34(32,33)19-6-4-5-17(13-19)14-22(29)28-15-25-23(30)20-7-2-3-8-21(20)28/h2-8,13,16,18H,9-12,14-15H2,1H3,(H,25,30)(H2,26,27,31). The van der Waals surface area contributed by atoms with Gasteiger partial charge < -0.3 is 10.6 Å². The summed E-state index contributed by atoms with van der Waals surface area (Å²) in [7, 11) is -4.10. The number of benzene rings is 2. The normalized spacial score (nSPS) is 20.1. The Bertz CT molecular complexity index is 1210. The lowest BCUT2D eigenvalue weighted by Crippen LogP contribution is -2.47. The van der Waals surface area contributed by atoms with E-state index >= 15 is 0 Å². The van der Waals surface area contributed by atoms with E-state index in [4.69, 9.17) is 0 Å². The van der Waals surface area contributed by atoms with Crippen molar-refractivity contribution in [2.75, 3.05) is 11.6 Å². The Hall–Kier alpha value is -3.40. The Morgan fingerprint density at radius 2 is 1.79 bits per heavy atom. The van der Waals surface area contributed by atoms with Crippen LogP contribution in [0.1, 0.15) is 48.5 Å². The quantitative estimate of drug-likeness (QED) is 0.602. The average Bonchev–Trinajstić information content (AvgIpc) is 2.81. The molecule has 2 aromatic rings. The molecule has 4 amide bonds. The molecule has 2 aromatic carbocycles. The lowest BCUT2D eigenvalue weighted by atomic mass is 9.87.